The maximum absolute atomic E-state index is 12.4. The number of β-amino-alcohol motifs (C(OH)–C–C–N with tert-alkyl or cyclic N) is 1. The van der Waals surface area contributed by atoms with Crippen LogP contribution in [0.4, 0.5) is 0 Å². The molecule has 1 aliphatic heterocycles. The van der Waals surface area contributed by atoms with Crippen LogP contribution >= 0.6 is 11.3 Å². The zero-order chi connectivity index (χ0) is 14.2. The Morgan fingerprint density at radius 1 is 1.53 bits per heavy atom. The predicted octanol–water partition coefficient (Wildman–Crippen LogP) is 1.28. The zero-order valence-corrected chi connectivity index (χ0v) is 11.7. The monoisotopic (exact) mass is 283 g/mol. The third-order valence-electron chi connectivity index (χ3n) is 3.38. The number of likely N-dealkylation sites (tertiary alicyclic amines) is 1. The molecule has 0 spiro atoms. The summed E-state index contributed by atoms with van der Waals surface area (Å²) in [5, 5.41) is 18.7. The second kappa shape index (κ2) is 5.30. The molecule has 0 bridgehead atoms. The lowest BCUT2D eigenvalue weighted by molar-refractivity contribution is -0.141. The summed E-state index contributed by atoms with van der Waals surface area (Å²) in [5.74, 6) is -1.36. The summed E-state index contributed by atoms with van der Waals surface area (Å²) in [7, 11) is 0. The van der Waals surface area contributed by atoms with E-state index in [1.807, 2.05) is 13.8 Å². The SMILES string of the molecule is CCc1sc(C(=O)N2C[C@@H](O)C[C@H]2C(=O)O)cc1C. The van der Waals surface area contributed by atoms with Gasteiger partial charge in [-0.25, -0.2) is 4.79 Å². The van der Waals surface area contributed by atoms with E-state index in [1.54, 1.807) is 6.07 Å². The van der Waals surface area contributed by atoms with Crippen molar-refractivity contribution in [1.29, 1.82) is 0 Å². The minimum absolute atomic E-state index is 0.0915. The fourth-order valence-corrected chi connectivity index (χ4v) is 3.46. The maximum Gasteiger partial charge on any atom is 0.326 e. The van der Waals surface area contributed by atoms with Crippen LogP contribution in [0.3, 0.4) is 0 Å². The van der Waals surface area contributed by atoms with Crippen LogP contribution in [-0.2, 0) is 11.2 Å². The number of rotatable bonds is 3. The molecule has 1 amide bonds. The minimum atomic E-state index is -1.06. The fraction of sp³-hybridized carbons (Fsp3) is 0.538. The first-order valence-electron chi connectivity index (χ1n) is 6.25. The average molecular weight is 283 g/mol. The Hall–Kier alpha value is -1.40. The molecule has 1 saturated heterocycles. The lowest BCUT2D eigenvalue weighted by Crippen LogP contribution is -2.40. The number of aliphatic carboxylic acids is 1. The summed E-state index contributed by atoms with van der Waals surface area (Å²) < 4.78 is 0. The number of carboxylic acids is 1. The molecule has 1 fully saturated rings. The van der Waals surface area contributed by atoms with Crippen LogP contribution in [0, 0.1) is 6.92 Å². The van der Waals surface area contributed by atoms with E-state index in [-0.39, 0.29) is 18.9 Å². The van der Waals surface area contributed by atoms with Gasteiger partial charge in [0.05, 0.1) is 11.0 Å². The standard InChI is InChI=1S/C13H17NO4S/c1-3-10-7(2)4-11(19-10)12(16)14-6-8(15)5-9(14)13(17)18/h4,8-9,15H,3,5-6H2,1-2H3,(H,17,18)/t8-,9-/m0/s1. The van der Waals surface area contributed by atoms with E-state index in [4.69, 9.17) is 5.11 Å². The highest BCUT2D eigenvalue weighted by molar-refractivity contribution is 7.14. The van der Waals surface area contributed by atoms with Crippen molar-refractivity contribution in [3.63, 3.8) is 0 Å². The third-order valence-corrected chi connectivity index (χ3v) is 4.75. The summed E-state index contributed by atoms with van der Waals surface area (Å²) >= 11 is 1.40. The van der Waals surface area contributed by atoms with Crippen LogP contribution in [0.25, 0.3) is 0 Å². The van der Waals surface area contributed by atoms with Gasteiger partial charge < -0.3 is 15.1 Å². The lowest BCUT2D eigenvalue weighted by atomic mass is 10.2. The number of carbonyl (C=O) groups excluding carboxylic acids is 1. The number of carbonyl (C=O) groups is 2. The highest BCUT2D eigenvalue weighted by Gasteiger charge is 2.39. The Morgan fingerprint density at radius 3 is 2.74 bits per heavy atom. The number of thiophene rings is 1. The van der Waals surface area contributed by atoms with E-state index >= 15 is 0 Å². The van der Waals surface area contributed by atoms with E-state index in [0.717, 1.165) is 16.9 Å². The number of aryl methyl sites for hydroxylation is 2. The second-order valence-corrected chi connectivity index (χ2v) is 5.91. The van der Waals surface area contributed by atoms with Crippen molar-refractivity contribution in [1.82, 2.24) is 4.90 Å². The van der Waals surface area contributed by atoms with Gasteiger partial charge in [-0.1, -0.05) is 6.92 Å². The molecule has 6 heteroatoms. The van der Waals surface area contributed by atoms with Crippen LogP contribution in [0.15, 0.2) is 6.07 Å². The minimum Gasteiger partial charge on any atom is -0.480 e. The van der Waals surface area contributed by atoms with Crippen LogP contribution in [0.2, 0.25) is 0 Å². The summed E-state index contributed by atoms with van der Waals surface area (Å²) in [5.41, 5.74) is 1.06. The highest BCUT2D eigenvalue weighted by atomic mass is 32.1. The molecular formula is C13H17NO4S. The Morgan fingerprint density at radius 2 is 2.21 bits per heavy atom. The number of hydrogen-bond donors (Lipinski definition) is 2. The van der Waals surface area contributed by atoms with E-state index in [2.05, 4.69) is 0 Å². The molecular weight excluding hydrogens is 266 g/mol. The van der Waals surface area contributed by atoms with Gasteiger partial charge in [-0.05, 0) is 25.0 Å². The Balaban J connectivity index is 2.25. The molecule has 1 aliphatic rings. The van der Waals surface area contributed by atoms with Crippen molar-refractivity contribution in [3.05, 3.63) is 21.4 Å². The number of aliphatic hydroxyl groups excluding tert-OH is 1. The molecule has 0 aliphatic carbocycles. The van der Waals surface area contributed by atoms with Gasteiger partial charge in [-0.3, -0.25) is 4.79 Å². The molecule has 2 atom stereocenters. The predicted molar refractivity (Wildman–Crippen MR) is 71.5 cm³/mol. The number of nitrogens with zero attached hydrogens (tertiary/aromatic N) is 1. The first-order chi connectivity index (χ1) is 8.93. The molecule has 0 unspecified atom stereocenters. The quantitative estimate of drug-likeness (QED) is 0.876. The van der Waals surface area contributed by atoms with E-state index in [0.29, 0.717) is 4.88 Å². The highest BCUT2D eigenvalue weighted by Crippen LogP contribution is 2.27. The van der Waals surface area contributed by atoms with Crippen LogP contribution in [0.5, 0.6) is 0 Å². The summed E-state index contributed by atoms with van der Waals surface area (Å²) in [4.78, 5) is 26.4. The van der Waals surface area contributed by atoms with Crippen LogP contribution < -0.4 is 0 Å². The lowest BCUT2D eigenvalue weighted by Gasteiger charge is -2.20. The van der Waals surface area contributed by atoms with Gasteiger partial charge in [0.15, 0.2) is 0 Å². The Kier molecular flexibility index (Phi) is 3.91. The first-order valence-corrected chi connectivity index (χ1v) is 7.06. The maximum atomic E-state index is 12.4. The topological polar surface area (TPSA) is 77.8 Å². The largest absolute Gasteiger partial charge is 0.480 e. The van der Waals surface area contributed by atoms with Crippen molar-refractivity contribution < 1.29 is 19.8 Å². The van der Waals surface area contributed by atoms with Gasteiger partial charge in [0.1, 0.15) is 6.04 Å². The van der Waals surface area contributed by atoms with E-state index in [9.17, 15) is 14.7 Å². The molecule has 2 heterocycles. The van der Waals surface area contributed by atoms with Gasteiger partial charge >= 0.3 is 5.97 Å². The molecule has 0 saturated carbocycles. The van der Waals surface area contributed by atoms with Gasteiger partial charge in [0.25, 0.3) is 5.91 Å². The Labute approximate surface area is 115 Å². The molecule has 5 nitrogen and oxygen atoms in total. The smallest absolute Gasteiger partial charge is 0.326 e. The van der Waals surface area contributed by atoms with Gasteiger partial charge in [0.2, 0.25) is 0 Å². The zero-order valence-electron chi connectivity index (χ0n) is 10.9. The molecule has 0 radical (unpaired) electrons. The second-order valence-electron chi connectivity index (χ2n) is 4.77. The molecule has 19 heavy (non-hydrogen) atoms. The van der Waals surface area contributed by atoms with Gasteiger partial charge in [-0.15, -0.1) is 11.3 Å². The molecule has 1 aromatic heterocycles. The summed E-state index contributed by atoms with van der Waals surface area (Å²) in [6.07, 6.45) is 0.206. The number of carboxylic acid groups (broad SMARTS) is 1. The number of hydrogen-bond acceptors (Lipinski definition) is 4. The van der Waals surface area contributed by atoms with Crippen LogP contribution in [0.1, 0.15) is 33.5 Å². The normalized spacial score (nSPS) is 22.8. The van der Waals surface area contributed by atoms with E-state index in [1.165, 1.54) is 16.2 Å². The van der Waals surface area contributed by atoms with Crippen molar-refractivity contribution in [3.8, 4) is 0 Å². The van der Waals surface area contributed by atoms with Gasteiger partial charge in [-0.2, -0.15) is 0 Å². The van der Waals surface area contributed by atoms with Crippen molar-refractivity contribution in [2.75, 3.05) is 6.54 Å². The Bertz CT molecular complexity index is 511. The van der Waals surface area contributed by atoms with Crippen molar-refractivity contribution in [2.45, 2.75) is 38.8 Å². The summed E-state index contributed by atoms with van der Waals surface area (Å²) in [6.45, 7) is 4.06. The van der Waals surface area contributed by atoms with Crippen molar-refractivity contribution in [2.24, 2.45) is 0 Å². The molecule has 2 N–H and O–H groups in total. The molecule has 104 valence electrons. The first kappa shape index (κ1) is 14.0. The summed E-state index contributed by atoms with van der Waals surface area (Å²) in [6, 6.07) is 0.880. The molecule has 1 aromatic rings. The van der Waals surface area contributed by atoms with E-state index < -0.39 is 18.1 Å². The average Bonchev–Trinajstić information content (AvgIpc) is 2.91. The van der Waals surface area contributed by atoms with Crippen molar-refractivity contribution >= 4 is 23.2 Å². The number of amides is 1. The third kappa shape index (κ3) is 2.64. The molecule has 2 rings (SSSR count). The molecule has 0 aromatic carbocycles. The number of aliphatic hydroxyl groups is 1. The van der Waals surface area contributed by atoms with Gasteiger partial charge in [0, 0.05) is 17.8 Å². The fourth-order valence-electron chi connectivity index (χ4n) is 2.39. The van der Waals surface area contributed by atoms with Crippen LogP contribution in [-0.4, -0.2) is 45.7 Å².